The van der Waals surface area contributed by atoms with Crippen LogP contribution in [-0.2, 0) is 4.74 Å². The molecule has 0 aliphatic rings. The second-order valence-electron chi connectivity index (χ2n) is 3.98. The van der Waals surface area contributed by atoms with Crippen molar-refractivity contribution in [1.82, 2.24) is 10.2 Å². The molecule has 6 heteroatoms. The highest BCUT2D eigenvalue weighted by molar-refractivity contribution is 4.62. The molecule has 98 valence electrons. The Morgan fingerprint density at radius 3 is 2.44 bits per heavy atom. The van der Waals surface area contributed by atoms with E-state index in [0.717, 1.165) is 0 Å². The van der Waals surface area contributed by atoms with Gasteiger partial charge in [0.15, 0.2) is 0 Å². The minimum absolute atomic E-state index is 0.0455. The summed E-state index contributed by atoms with van der Waals surface area (Å²) in [6.07, 6.45) is -4.82. The lowest BCUT2D eigenvalue weighted by Gasteiger charge is -2.19. The van der Waals surface area contributed by atoms with Gasteiger partial charge in [-0.2, -0.15) is 13.2 Å². The molecule has 0 heterocycles. The number of rotatable bonds is 8. The van der Waals surface area contributed by atoms with Crippen LogP contribution in [0.3, 0.4) is 0 Å². The zero-order chi connectivity index (χ0) is 12.6. The zero-order valence-electron chi connectivity index (χ0n) is 10.1. The van der Waals surface area contributed by atoms with Crippen LogP contribution in [0.2, 0.25) is 0 Å². The van der Waals surface area contributed by atoms with E-state index in [1.54, 1.807) is 19.1 Å². The van der Waals surface area contributed by atoms with E-state index in [9.17, 15) is 13.2 Å². The number of likely N-dealkylation sites (N-methyl/N-ethyl adjacent to an activating group) is 1. The van der Waals surface area contributed by atoms with Crippen LogP contribution in [0.1, 0.15) is 13.3 Å². The largest absolute Gasteiger partial charge is 0.390 e. The Morgan fingerprint density at radius 2 is 1.94 bits per heavy atom. The van der Waals surface area contributed by atoms with E-state index < -0.39 is 12.6 Å². The van der Waals surface area contributed by atoms with Gasteiger partial charge in [0.05, 0.1) is 13.0 Å². The van der Waals surface area contributed by atoms with E-state index in [-0.39, 0.29) is 12.6 Å². The quantitative estimate of drug-likeness (QED) is 0.698. The third-order valence-electron chi connectivity index (χ3n) is 2.18. The van der Waals surface area contributed by atoms with Gasteiger partial charge < -0.3 is 15.0 Å². The minimum atomic E-state index is -4.06. The zero-order valence-corrected chi connectivity index (χ0v) is 10.1. The molecule has 0 radical (unpaired) electrons. The molecule has 16 heavy (non-hydrogen) atoms. The van der Waals surface area contributed by atoms with Crippen molar-refractivity contribution in [3.63, 3.8) is 0 Å². The van der Waals surface area contributed by atoms with Crippen molar-refractivity contribution < 1.29 is 17.9 Å². The number of halogens is 3. The maximum atomic E-state index is 11.9. The maximum Gasteiger partial charge on any atom is 0.390 e. The van der Waals surface area contributed by atoms with E-state index in [4.69, 9.17) is 4.74 Å². The molecule has 0 aromatic heterocycles. The molecule has 0 aliphatic carbocycles. The molecule has 1 N–H and O–H groups in total. The van der Waals surface area contributed by atoms with Crippen molar-refractivity contribution >= 4 is 0 Å². The molecule has 0 aliphatic heterocycles. The number of nitrogens with one attached hydrogen (secondary N) is 1. The highest BCUT2D eigenvalue weighted by Gasteiger charge is 2.26. The smallest absolute Gasteiger partial charge is 0.383 e. The average molecular weight is 242 g/mol. The van der Waals surface area contributed by atoms with Gasteiger partial charge in [-0.05, 0) is 14.0 Å². The van der Waals surface area contributed by atoms with E-state index >= 15 is 0 Å². The number of ether oxygens (including phenoxy) is 1. The van der Waals surface area contributed by atoms with Crippen molar-refractivity contribution in [3.05, 3.63) is 0 Å². The first-order valence-electron chi connectivity index (χ1n) is 5.32. The Kier molecular flexibility index (Phi) is 7.70. The lowest BCUT2D eigenvalue weighted by molar-refractivity contribution is -0.137. The summed E-state index contributed by atoms with van der Waals surface area (Å²) in [4.78, 5) is 1.67. The topological polar surface area (TPSA) is 24.5 Å². The lowest BCUT2D eigenvalue weighted by Crippen LogP contribution is -2.37. The summed E-state index contributed by atoms with van der Waals surface area (Å²) < 4.78 is 40.7. The average Bonchev–Trinajstić information content (AvgIpc) is 2.14. The van der Waals surface area contributed by atoms with Gasteiger partial charge in [-0.15, -0.1) is 0 Å². The van der Waals surface area contributed by atoms with Crippen LogP contribution in [0.25, 0.3) is 0 Å². The normalized spacial score (nSPS) is 14.4. The van der Waals surface area contributed by atoms with E-state index in [2.05, 4.69) is 5.32 Å². The third-order valence-corrected chi connectivity index (χ3v) is 2.18. The van der Waals surface area contributed by atoms with Crippen molar-refractivity contribution in [1.29, 1.82) is 0 Å². The molecule has 3 nitrogen and oxygen atoms in total. The van der Waals surface area contributed by atoms with Gasteiger partial charge in [-0.1, -0.05) is 0 Å². The standard InChI is InChI=1S/C10H21F3N2O/c1-9(8-16-3)14-5-7-15(2)6-4-10(11,12)13/h9,14H,4-8H2,1-3H3. The Labute approximate surface area is 94.9 Å². The summed E-state index contributed by atoms with van der Waals surface area (Å²) in [6, 6.07) is 0.223. The van der Waals surface area contributed by atoms with Crippen LogP contribution in [0, 0.1) is 0 Å². The van der Waals surface area contributed by atoms with Crippen LogP contribution in [0.15, 0.2) is 0 Å². The van der Waals surface area contributed by atoms with Crippen LogP contribution in [0.5, 0.6) is 0 Å². The first kappa shape index (κ1) is 15.7. The summed E-state index contributed by atoms with van der Waals surface area (Å²) in [5, 5.41) is 3.16. The second-order valence-corrected chi connectivity index (χ2v) is 3.98. The summed E-state index contributed by atoms with van der Waals surface area (Å²) >= 11 is 0. The van der Waals surface area contributed by atoms with Crippen LogP contribution >= 0.6 is 0 Å². The number of hydrogen-bond donors (Lipinski definition) is 1. The first-order valence-corrected chi connectivity index (χ1v) is 5.32. The molecule has 0 aromatic carbocycles. The van der Waals surface area contributed by atoms with Gasteiger partial charge in [0.1, 0.15) is 0 Å². The van der Waals surface area contributed by atoms with Gasteiger partial charge in [0.2, 0.25) is 0 Å². The fourth-order valence-corrected chi connectivity index (χ4v) is 1.24. The van der Waals surface area contributed by atoms with Gasteiger partial charge in [0.25, 0.3) is 0 Å². The molecule has 0 bridgehead atoms. The molecule has 1 unspecified atom stereocenters. The van der Waals surface area contributed by atoms with Gasteiger partial charge in [-0.25, -0.2) is 0 Å². The van der Waals surface area contributed by atoms with Crippen molar-refractivity contribution in [2.75, 3.05) is 40.4 Å². The van der Waals surface area contributed by atoms with Crippen molar-refractivity contribution in [2.45, 2.75) is 25.6 Å². The second kappa shape index (κ2) is 7.86. The predicted molar refractivity (Wildman–Crippen MR) is 57.5 cm³/mol. The van der Waals surface area contributed by atoms with E-state index in [1.807, 2.05) is 6.92 Å². The Morgan fingerprint density at radius 1 is 1.31 bits per heavy atom. The molecule has 0 saturated carbocycles. The Hall–Kier alpha value is -0.330. The summed E-state index contributed by atoms with van der Waals surface area (Å²) in [6.45, 7) is 3.89. The van der Waals surface area contributed by atoms with Gasteiger partial charge in [-0.3, -0.25) is 0 Å². The Bertz CT molecular complexity index is 176. The molecule has 1 atom stereocenters. The maximum absolute atomic E-state index is 11.9. The first-order chi connectivity index (χ1) is 7.35. The lowest BCUT2D eigenvalue weighted by atomic mass is 10.3. The van der Waals surface area contributed by atoms with E-state index in [1.165, 1.54) is 0 Å². The molecule has 0 fully saturated rings. The van der Waals surface area contributed by atoms with Crippen LogP contribution in [0.4, 0.5) is 13.2 Å². The summed E-state index contributed by atoms with van der Waals surface area (Å²) in [5.74, 6) is 0. The summed E-state index contributed by atoms with van der Waals surface area (Å²) in [7, 11) is 3.31. The van der Waals surface area contributed by atoms with Crippen molar-refractivity contribution in [3.8, 4) is 0 Å². The fraction of sp³-hybridized carbons (Fsp3) is 1.00. The highest BCUT2D eigenvalue weighted by Crippen LogP contribution is 2.19. The minimum Gasteiger partial charge on any atom is -0.383 e. The SMILES string of the molecule is COCC(C)NCCN(C)CCC(F)(F)F. The van der Waals surface area contributed by atoms with Gasteiger partial charge >= 0.3 is 6.18 Å². The predicted octanol–water partition coefficient (Wildman–Crippen LogP) is 1.50. The Balaban J connectivity index is 3.47. The number of hydrogen-bond acceptors (Lipinski definition) is 3. The summed E-state index contributed by atoms with van der Waals surface area (Å²) in [5.41, 5.74) is 0. The molecule has 0 amide bonds. The molecule has 0 saturated heterocycles. The molecule has 0 spiro atoms. The van der Waals surface area contributed by atoms with E-state index in [0.29, 0.717) is 19.7 Å². The fourth-order valence-electron chi connectivity index (χ4n) is 1.24. The molecular weight excluding hydrogens is 221 g/mol. The van der Waals surface area contributed by atoms with Crippen LogP contribution < -0.4 is 5.32 Å². The van der Waals surface area contributed by atoms with Crippen LogP contribution in [-0.4, -0.2) is 57.5 Å². The molecule has 0 aromatic rings. The monoisotopic (exact) mass is 242 g/mol. The molecular formula is C10H21F3N2O. The molecule has 0 rings (SSSR count). The van der Waals surface area contributed by atoms with Crippen molar-refractivity contribution in [2.24, 2.45) is 0 Å². The number of methoxy groups -OCH3 is 1. The number of nitrogens with zero attached hydrogens (tertiary/aromatic N) is 1. The number of alkyl halides is 3. The highest BCUT2D eigenvalue weighted by atomic mass is 19.4. The third kappa shape index (κ3) is 10.2. The van der Waals surface area contributed by atoms with Gasteiger partial charge in [0, 0.05) is 32.8 Å².